The Morgan fingerprint density at radius 2 is 2.11 bits per heavy atom. The maximum Gasteiger partial charge on any atom is 0.151 e. The Balaban J connectivity index is 1.82. The molecule has 1 aliphatic rings. The molecule has 7 heteroatoms. The first-order valence-electron chi connectivity index (χ1n) is 9.38. The second-order valence-electron chi connectivity index (χ2n) is 7.22. The number of aromatic nitrogens is 3. The maximum absolute atomic E-state index is 13.0. The standard InChI is InChI=1S/C20H27ClN4OS/c1-4-25-15(2)22-23-19(25)18(14-16-8-6-5-7-9-16)24-27(26)17-10-12-20(3,21)13-11-17/h5-10,12,17-18,24H,4,11,13-14H2,1-3H3. The van der Waals surface area contributed by atoms with E-state index in [2.05, 4.69) is 38.5 Å². The van der Waals surface area contributed by atoms with Crippen molar-refractivity contribution in [2.75, 3.05) is 0 Å². The van der Waals surface area contributed by atoms with Crippen LogP contribution in [0.4, 0.5) is 0 Å². The lowest BCUT2D eigenvalue weighted by atomic mass is 9.97. The van der Waals surface area contributed by atoms with E-state index < -0.39 is 11.0 Å². The van der Waals surface area contributed by atoms with Crippen LogP contribution in [0.25, 0.3) is 0 Å². The zero-order valence-corrected chi connectivity index (χ0v) is 17.6. The van der Waals surface area contributed by atoms with Crippen molar-refractivity contribution in [3.05, 3.63) is 59.7 Å². The van der Waals surface area contributed by atoms with Crippen molar-refractivity contribution in [1.29, 1.82) is 0 Å². The van der Waals surface area contributed by atoms with Crippen LogP contribution >= 0.6 is 11.6 Å². The fraction of sp³-hybridized carbons (Fsp3) is 0.500. The molecule has 1 heterocycles. The van der Waals surface area contributed by atoms with Crippen LogP contribution in [0.5, 0.6) is 0 Å². The van der Waals surface area contributed by atoms with E-state index in [-0.39, 0.29) is 16.2 Å². The first-order chi connectivity index (χ1) is 12.9. The number of hydrogen-bond acceptors (Lipinski definition) is 3. The molecule has 0 fully saturated rings. The molecule has 1 aromatic carbocycles. The van der Waals surface area contributed by atoms with E-state index in [1.54, 1.807) is 0 Å². The van der Waals surface area contributed by atoms with Crippen LogP contribution in [0.2, 0.25) is 0 Å². The summed E-state index contributed by atoms with van der Waals surface area (Å²) in [5.41, 5.74) is 1.17. The Labute approximate surface area is 168 Å². The molecule has 0 saturated carbocycles. The summed E-state index contributed by atoms with van der Waals surface area (Å²) in [7, 11) is -1.22. The largest absolute Gasteiger partial charge is 0.314 e. The van der Waals surface area contributed by atoms with E-state index in [1.807, 2.05) is 44.2 Å². The monoisotopic (exact) mass is 406 g/mol. The van der Waals surface area contributed by atoms with Gasteiger partial charge in [0.25, 0.3) is 0 Å². The van der Waals surface area contributed by atoms with Crippen LogP contribution in [-0.4, -0.2) is 29.1 Å². The summed E-state index contributed by atoms with van der Waals surface area (Å²) in [5.74, 6) is 1.70. The van der Waals surface area contributed by atoms with Crippen molar-refractivity contribution in [1.82, 2.24) is 19.5 Å². The molecule has 0 radical (unpaired) electrons. The van der Waals surface area contributed by atoms with Gasteiger partial charge in [-0.3, -0.25) is 0 Å². The molecule has 0 aliphatic heterocycles. The zero-order valence-electron chi connectivity index (χ0n) is 16.1. The predicted octanol–water partition coefficient (Wildman–Crippen LogP) is 3.86. The topological polar surface area (TPSA) is 59.8 Å². The number of hydrogen-bond donors (Lipinski definition) is 1. The van der Waals surface area contributed by atoms with Gasteiger partial charge in [0.1, 0.15) is 5.82 Å². The number of alkyl halides is 1. The molecule has 146 valence electrons. The van der Waals surface area contributed by atoms with E-state index in [0.29, 0.717) is 6.42 Å². The molecule has 1 aliphatic carbocycles. The molecule has 0 saturated heterocycles. The Morgan fingerprint density at radius 3 is 2.74 bits per heavy atom. The number of nitrogens with one attached hydrogen (secondary N) is 1. The molecule has 3 rings (SSSR count). The fourth-order valence-electron chi connectivity index (χ4n) is 3.40. The summed E-state index contributed by atoms with van der Waals surface area (Å²) >= 11 is 6.37. The van der Waals surface area contributed by atoms with E-state index in [4.69, 9.17) is 11.6 Å². The molecule has 1 N–H and O–H groups in total. The lowest BCUT2D eigenvalue weighted by Gasteiger charge is -2.27. The molecular formula is C20H27ClN4OS. The maximum atomic E-state index is 13.0. The quantitative estimate of drug-likeness (QED) is 0.561. The highest BCUT2D eigenvalue weighted by Crippen LogP contribution is 2.30. The third kappa shape index (κ3) is 5.06. The highest BCUT2D eigenvalue weighted by molar-refractivity contribution is 7.83. The number of benzene rings is 1. The molecule has 27 heavy (non-hydrogen) atoms. The number of aryl methyl sites for hydroxylation is 1. The Bertz CT molecular complexity index is 819. The van der Waals surface area contributed by atoms with Gasteiger partial charge in [0.05, 0.1) is 27.2 Å². The van der Waals surface area contributed by atoms with Gasteiger partial charge in [-0.05, 0) is 45.6 Å². The Kier molecular flexibility index (Phi) is 6.50. The van der Waals surface area contributed by atoms with Gasteiger partial charge in [-0.2, -0.15) is 0 Å². The van der Waals surface area contributed by atoms with Crippen molar-refractivity contribution < 1.29 is 4.21 Å². The van der Waals surface area contributed by atoms with E-state index in [0.717, 1.165) is 31.0 Å². The van der Waals surface area contributed by atoms with E-state index >= 15 is 0 Å². The van der Waals surface area contributed by atoms with Crippen molar-refractivity contribution >= 4 is 22.6 Å². The zero-order chi connectivity index (χ0) is 19.4. The molecule has 4 atom stereocenters. The van der Waals surface area contributed by atoms with Crippen molar-refractivity contribution in [3.8, 4) is 0 Å². The summed E-state index contributed by atoms with van der Waals surface area (Å²) in [6.07, 6.45) is 6.26. The van der Waals surface area contributed by atoms with E-state index in [1.165, 1.54) is 5.56 Å². The van der Waals surface area contributed by atoms with E-state index in [9.17, 15) is 4.21 Å². The molecule has 4 unspecified atom stereocenters. The van der Waals surface area contributed by atoms with Gasteiger partial charge >= 0.3 is 0 Å². The SMILES string of the molecule is CCn1c(C)nnc1C(Cc1ccccc1)NS(=O)C1C=CC(C)(Cl)CC1. The fourth-order valence-corrected chi connectivity index (χ4v) is 4.78. The van der Waals surface area contributed by atoms with Crippen LogP contribution in [0.15, 0.2) is 42.5 Å². The smallest absolute Gasteiger partial charge is 0.151 e. The van der Waals surface area contributed by atoms with Gasteiger partial charge in [-0.25, -0.2) is 8.93 Å². The average molecular weight is 407 g/mol. The van der Waals surface area contributed by atoms with Gasteiger partial charge in [-0.1, -0.05) is 42.5 Å². The normalized spacial score (nSPS) is 24.7. The number of halogens is 1. The molecule has 5 nitrogen and oxygen atoms in total. The Morgan fingerprint density at radius 1 is 1.37 bits per heavy atom. The molecular weight excluding hydrogens is 380 g/mol. The third-order valence-corrected chi connectivity index (χ3v) is 6.76. The summed E-state index contributed by atoms with van der Waals surface area (Å²) in [6, 6.07) is 10.0. The second kappa shape index (κ2) is 8.67. The summed E-state index contributed by atoms with van der Waals surface area (Å²) in [5, 5.41) is 8.57. The second-order valence-corrected chi connectivity index (χ2v) is 9.52. The van der Waals surface area contributed by atoms with Gasteiger partial charge < -0.3 is 4.57 Å². The summed E-state index contributed by atoms with van der Waals surface area (Å²) in [6.45, 7) is 6.79. The Hall–Kier alpha value is -1.50. The minimum atomic E-state index is -1.22. The molecule has 0 spiro atoms. The number of nitrogens with zero attached hydrogens (tertiary/aromatic N) is 3. The minimum absolute atomic E-state index is 0.0470. The van der Waals surface area contributed by atoms with Crippen LogP contribution in [0.3, 0.4) is 0 Å². The highest BCUT2D eigenvalue weighted by Gasteiger charge is 2.29. The van der Waals surface area contributed by atoms with Gasteiger partial charge in [0, 0.05) is 6.54 Å². The molecule has 2 aromatic rings. The molecule has 0 amide bonds. The van der Waals surface area contributed by atoms with Crippen LogP contribution in [0.1, 0.15) is 49.9 Å². The first kappa shape index (κ1) is 20.2. The molecule has 0 bridgehead atoms. The average Bonchev–Trinajstić information content (AvgIpc) is 3.02. The lowest BCUT2D eigenvalue weighted by Crippen LogP contribution is -2.35. The van der Waals surface area contributed by atoms with Crippen molar-refractivity contribution in [3.63, 3.8) is 0 Å². The first-order valence-corrected chi connectivity index (χ1v) is 11.0. The van der Waals surface area contributed by atoms with Crippen molar-refractivity contribution in [2.45, 2.75) is 62.7 Å². The third-order valence-electron chi connectivity index (χ3n) is 4.98. The van der Waals surface area contributed by atoms with Crippen LogP contribution < -0.4 is 4.72 Å². The van der Waals surface area contributed by atoms with Gasteiger partial charge in [0.2, 0.25) is 0 Å². The number of allylic oxidation sites excluding steroid dienone is 1. The van der Waals surface area contributed by atoms with Gasteiger partial charge in [0.15, 0.2) is 5.82 Å². The predicted molar refractivity (Wildman–Crippen MR) is 111 cm³/mol. The summed E-state index contributed by atoms with van der Waals surface area (Å²) in [4.78, 5) is -0.330. The highest BCUT2D eigenvalue weighted by atomic mass is 35.5. The minimum Gasteiger partial charge on any atom is -0.314 e. The van der Waals surface area contributed by atoms with Crippen molar-refractivity contribution in [2.24, 2.45) is 0 Å². The van der Waals surface area contributed by atoms with Crippen LogP contribution in [0, 0.1) is 6.92 Å². The van der Waals surface area contributed by atoms with Crippen LogP contribution in [-0.2, 0) is 24.0 Å². The van der Waals surface area contributed by atoms with Gasteiger partial charge in [-0.15, -0.1) is 21.8 Å². The number of rotatable bonds is 7. The lowest BCUT2D eigenvalue weighted by molar-refractivity contribution is 0.545. The summed E-state index contributed by atoms with van der Waals surface area (Å²) < 4.78 is 18.4. The molecule has 1 aromatic heterocycles.